The van der Waals surface area contributed by atoms with E-state index in [2.05, 4.69) is 12.2 Å². The van der Waals surface area contributed by atoms with Crippen LogP contribution in [0.25, 0.3) is 10.8 Å². The zero-order valence-electron chi connectivity index (χ0n) is 20.9. The first-order valence-electron chi connectivity index (χ1n) is 12.7. The van der Waals surface area contributed by atoms with Crippen LogP contribution < -0.4 is 10.1 Å². The van der Waals surface area contributed by atoms with Crippen molar-refractivity contribution < 1.29 is 27.8 Å². The van der Waals surface area contributed by atoms with E-state index in [-0.39, 0.29) is 29.3 Å². The van der Waals surface area contributed by atoms with Gasteiger partial charge in [-0.3, -0.25) is 4.79 Å². The fourth-order valence-electron chi connectivity index (χ4n) is 5.84. The van der Waals surface area contributed by atoms with Crippen molar-refractivity contribution >= 4 is 16.7 Å². The summed E-state index contributed by atoms with van der Waals surface area (Å²) < 4.78 is 49.0. The summed E-state index contributed by atoms with van der Waals surface area (Å²) in [7, 11) is 0. The van der Waals surface area contributed by atoms with Gasteiger partial charge in [0.2, 0.25) is 0 Å². The largest absolute Gasteiger partial charge is 0.490 e. The third-order valence-corrected chi connectivity index (χ3v) is 8.47. The number of carboxylic acid groups (broad SMARTS) is 1. The predicted molar refractivity (Wildman–Crippen MR) is 130 cm³/mol. The molecule has 2 aliphatic rings. The average Bonchev–Trinajstić information content (AvgIpc) is 2.80. The van der Waals surface area contributed by atoms with Crippen LogP contribution in [0.3, 0.4) is 0 Å². The first-order chi connectivity index (χ1) is 16.4. The van der Waals surface area contributed by atoms with Gasteiger partial charge >= 0.3 is 12.1 Å². The number of alkyl halides is 3. The smallest absolute Gasteiger partial charge is 0.420 e. The molecular formula is C28H36F3NO3. The van der Waals surface area contributed by atoms with E-state index < -0.39 is 29.0 Å². The first-order valence-corrected chi connectivity index (χ1v) is 12.7. The lowest BCUT2D eigenvalue weighted by molar-refractivity contribution is -0.155. The van der Waals surface area contributed by atoms with Gasteiger partial charge < -0.3 is 15.2 Å². The number of hydrogen-bond acceptors (Lipinski definition) is 3. The van der Waals surface area contributed by atoms with Crippen LogP contribution in [-0.4, -0.2) is 23.2 Å². The molecule has 0 spiro atoms. The number of aliphatic carboxylic acids is 1. The molecule has 0 bridgehead atoms. The van der Waals surface area contributed by atoms with E-state index in [1.165, 1.54) is 6.07 Å². The normalized spacial score (nSPS) is 27.3. The first kappa shape index (κ1) is 25.8. The molecular weight excluding hydrogens is 455 g/mol. The highest BCUT2D eigenvalue weighted by Crippen LogP contribution is 2.47. The maximum Gasteiger partial charge on any atom is 0.420 e. The van der Waals surface area contributed by atoms with E-state index >= 15 is 0 Å². The molecule has 0 radical (unpaired) electrons. The number of ether oxygens (including phenoxy) is 1. The zero-order chi connectivity index (χ0) is 25.5. The Morgan fingerprint density at radius 2 is 1.83 bits per heavy atom. The predicted octanol–water partition coefficient (Wildman–Crippen LogP) is 7.36. The number of carbonyl (C=O) groups is 1. The lowest BCUT2D eigenvalue weighted by atomic mass is 9.58. The van der Waals surface area contributed by atoms with E-state index in [4.69, 9.17) is 4.74 Å². The molecule has 2 saturated carbocycles. The van der Waals surface area contributed by atoms with E-state index in [1.54, 1.807) is 18.2 Å². The van der Waals surface area contributed by atoms with Gasteiger partial charge in [-0.1, -0.05) is 45.4 Å². The van der Waals surface area contributed by atoms with Crippen LogP contribution in [0.1, 0.15) is 83.4 Å². The topological polar surface area (TPSA) is 58.6 Å². The Bertz CT molecular complexity index is 1070. The second-order valence-electron chi connectivity index (χ2n) is 11.0. The number of hydrogen-bond donors (Lipinski definition) is 2. The Morgan fingerprint density at radius 3 is 2.40 bits per heavy atom. The highest BCUT2D eigenvalue weighted by molar-refractivity contribution is 5.89. The molecule has 192 valence electrons. The number of nitrogens with one attached hydrogen (secondary N) is 1. The third-order valence-electron chi connectivity index (χ3n) is 8.47. The molecule has 35 heavy (non-hydrogen) atoms. The molecule has 2 N–H and O–H groups in total. The summed E-state index contributed by atoms with van der Waals surface area (Å²) in [6, 6.07) is 8.08. The number of halogens is 3. The lowest BCUT2D eigenvalue weighted by Crippen LogP contribution is -2.59. The highest BCUT2D eigenvalue weighted by atomic mass is 19.4. The second kappa shape index (κ2) is 9.64. The fourth-order valence-corrected chi connectivity index (χ4v) is 5.84. The van der Waals surface area contributed by atoms with Crippen molar-refractivity contribution in [2.24, 2.45) is 17.3 Å². The molecule has 2 aliphatic carbocycles. The molecule has 2 fully saturated rings. The standard InChI is InChI=1S/C28H36F3NO3/c1-5-17-6-11-20(12-7-17)35-23-13-10-18-8-9-19(14-21(18)25(23)28(29,30)31)16(2)32-24-15-22(26(33)34)27(24,3)4/h8-10,13-14,16-17,20,22,24,32H,5-7,11-12,15H2,1-4H3,(H,33,34)/t16?,17?,20?,22-,24?/m0/s1. The summed E-state index contributed by atoms with van der Waals surface area (Å²) >= 11 is 0. The second-order valence-corrected chi connectivity index (χ2v) is 11.0. The molecule has 2 aromatic carbocycles. The lowest BCUT2D eigenvalue weighted by Gasteiger charge is -2.51. The van der Waals surface area contributed by atoms with Gasteiger partial charge in [0.1, 0.15) is 11.3 Å². The van der Waals surface area contributed by atoms with Crippen molar-refractivity contribution in [2.75, 3.05) is 0 Å². The quantitative estimate of drug-likeness (QED) is 0.425. The van der Waals surface area contributed by atoms with Crippen molar-refractivity contribution in [1.82, 2.24) is 5.32 Å². The summed E-state index contributed by atoms with van der Waals surface area (Å²) in [4.78, 5) is 11.4. The third kappa shape index (κ3) is 5.16. The fraction of sp³-hybridized carbons (Fsp3) is 0.607. The molecule has 7 heteroatoms. The highest BCUT2D eigenvalue weighted by Gasteiger charge is 2.52. The van der Waals surface area contributed by atoms with Gasteiger partial charge in [0.15, 0.2) is 0 Å². The Morgan fingerprint density at radius 1 is 1.17 bits per heavy atom. The van der Waals surface area contributed by atoms with Gasteiger partial charge in [-0.25, -0.2) is 0 Å². The SMILES string of the molecule is CCC1CCC(Oc2ccc3ccc(C(C)NC4C[C@@H](C(=O)O)C4(C)C)cc3c2C(F)(F)F)CC1. The molecule has 3 atom stereocenters. The minimum Gasteiger partial charge on any atom is -0.490 e. The molecule has 4 rings (SSSR count). The Balaban J connectivity index is 1.60. The summed E-state index contributed by atoms with van der Waals surface area (Å²) in [5, 5.41) is 13.5. The van der Waals surface area contributed by atoms with Crippen molar-refractivity contribution in [3.8, 4) is 5.75 Å². The Labute approximate surface area is 205 Å². The molecule has 0 aliphatic heterocycles. The van der Waals surface area contributed by atoms with Crippen LogP contribution in [0.2, 0.25) is 0 Å². The number of benzene rings is 2. The van der Waals surface area contributed by atoms with E-state index in [1.807, 2.05) is 26.8 Å². The average molecular weight is 492 g/mol. The van der Waals surface area contributed by atoms with Gasteiger partial charge in [0.05, 0.1) is 12.0 Å². The minimum atomic E-state index is -4.55. The molecule has 2 unspecified atom stereocenters. The van der Waals surface area contributed by atoms with Crippen LogP contribution in [-0.2, 0) is 11.0 Å². The van der Waals surface area contributed by atoms with E-state index in [0.29, 0.717) is 17.7 Å². The maximum atomic E-state index is 14.3. The van der Waals surface area contributed by atoms with Crippen molar-refractivity contribution in [3.63, 3.8) is 0 Å². The van der Waals surface area contributed by atoms with Crippen LogP contribution in [0.4, 0.5) is 13.2 Å². The van der Waals surface area contributed by atoms with Gasteiger partial charge in [0.25, 0.3) is 0 Å². The van der Waals surface area contributed by atoms with E-state index in [9.17, 15) is 23.1 Å². The Kier molecular flexibility index (Phi) is 7.11. The van der Waals surface area contributed by atoms with E-state index in [0.717, 1.165) is 37.7 Å². The molecule has 0 aromatic heterocycles. The summed E-state index contributed by atoms with van der Waals surface area (Å²) in [6.45, 7) is 7.89. The maximum absolute atomic E-state index is 14.3. The number of carboxylic acids is 1. The molecule has 0 saturated heterocycles. The molecule has 2 aromatic rings. The van der Waals surface area contributed by atoms with Crippen molar-refractivity contribution in [3.05, 3.63) is 41.5 Å². The van der Waals surface area contributed by atoms with Gasteiger partial charge in [-0.15, -0.1) is 0 Å². The van der Waals surface area contributed by atoms with Crippen LogP contribution in [0, 0.1) is 17.3 Å². The summed E-state index contributed by atoms with van der Waals surface area (Å²) in [6.07, 6.45) is 0.408. The number of fused-ring (bicyclic) bond motifs is 1. The van der Waals surface area contributed by atoms with Crippen LogP contribution in [0.5, 0.6) is 5.75 Å². The Hall–Kier alpha value is -2.28. The zero-order valence-corrected chi connectivity index (χ0v) is 20.9. The molecule has 0 heterocycles. The van der Waals surface area contributed by atoms with Gasteiger partial charge in [0, 0.05) is 12.1 Å². The van der Waals surface area contributed by atoms with Crippen LogP contribution in [0.15, 0.2) is 30.3 Å². The molecule has 4 nitrogen and oxygen atoms in total. The van der Waals surface area contributed by atoms with Crippen molar-refractivity contribution in [1.29, 1.82) is 0 Å². The monoisotopic (exact) mass is 491 g/mol. The van der Waals surface area contributed by atoms with Crippen molar-refractivity contribution in [2.45, 2.75) is 90.6 Å². The van der Waals surface area contributed by atoms with Gasteiger partial charge in [-0.2, -0.15) is 13.2 Å². The molecule has 0 amide bonds. The number of rotatable bonds is 7. The van der Waals surface area contributed by atoms with Gasteiger partial charge in [-0.05, 0) is 78.8 Å². The summed E-state index contributed by atoms with van der Waals surface area (Å²) in [5.74, 6) is -0.687. The van der Waals surface area contributed by atoms with Crippen LogP contribution >= 0.6 is 0 Å². The summed E-state index contributed by atoms with van der Waals surface area (Å²) in [5.41, 5.74) is -0.402. The minimum absolute atomic E-state index is 0.0238.